The van der Waals surface area contributed by atoms with Gasteiger partial charge >= 0.3 is 6.09 Å². The Morgan fingerprint density at radius 3 is 1.61 bits per heavy atom. The molecule has 0 aliphatic carbocycles. The van der Waals surface area contributed by atoms with Gasteiger partial charge in [0.15, 0.2) is 0 Å². The average Bonchev–Trinajstić information content (AvgIpc) is 2.31. The lowest BCUT2D eigenvalue weighted by Crippen LogP contribution is -2.45. The second-order valence-corrected chi connectivity index (χ2v) is 5.87. The van der Waals surface area contributed by atoms with E-state index in [9.17, 15) is 4.79 Å². The van der Waals surface area contributed by atoms with Crippen molar-refractivity contribution in [3.63, 3.8) is 0 Å². The van der Waals surface area contributed by atoms with Crippen LogP contribution in [-0.4, -0.2) is 36.3 Å². The molecule has 108 valence electrons. The van der Waals surface area contributed by atoms with Crippen LogP contribution in [0.3, 0.4) is 0 Å². The van der Waals surface area contributed by atoms with E-state index in [1.807, 2.05) is 0 Å². The molecule has 0 saturated carbocycles. The summed E-state index contributed by atoms with van der Waals surface area (Å²) in [6.45, 7) is 2.99. The van der Waals surface area contributed by atoms with Crippen LogP contribution in [0.4, 0.5) is 4.79 Å². The van der Waals surface area contributed by atoms with Crippen molar-refractivity contribution in [1.82, 2.24) is 0 Å². The number of rotatable bonds is 11. The number of quaternary nitrogens is 1. The highest BCUT2D eigenvalue weighted by Gasteiger charge is 2.24. The molecule has 0 saturated heterocycles. The van der Waals surface area contributed by atoms with E-state index in [0.717, 1.165) is 13.0 Å². The van der Waals surface area contributed by atoms with Gasteiger partial charge in [-0.3, -0.25) is 0 Å². The minimum Gasteiger partial charge on any atom is -0.435 e. The maximum Gasteiger partial charge on any atom is 0.513 e. The summed E-state index contributed by atoms with van der Waals surface area (Å²) in [6, 6.07) is 0. The second kappa shape index (κ2) is 10.4. The molecule has 0 aromatic heterocycles. The Bertz CT molecular complexity index is 215. The third-order valence-corrected chi connectivity index (χ3v) is 3.59. The van der Waals surface area contributed by atoms with Gasteiger partial charge in [-0.2, -0.15) is 4.79 Å². The van der Waals surface area contributed by atoms with Crippen LogP contribution < -0.4 is 0 Å². The van der Waals surface area contributed by atoms with E-state index in [0.29, 0.717) is 0 Å². The molecule has 0 aromatic rings. The van der Waals surface area contributed by atoms with Crippen molar-refractivity contribution in [2.24, 2.45) is 0 Å². The van der Waals surface area contributed by atoms with Gasteiger partial charge in [0.1, 0.15) is 0 Å². The van der Waals surface area contributed by atoms with Gasteiger partial charge in [0.25, 0.3) is 0 Å². The summed E-state index contributed by atoms with van der Waals surface area (Å²) < 4.78 is 0.0943. The normalized spacial score (nSPS) is 11.7. The Morgan fingerprint density at radius 2 is 1.22 bits per heavy atom. The molecule has 0 aromatic carbocycles. The quantitative estimate of drug-likeness (QED) is 0.432. The fraction of sp³-hybridized carbons (Fsp3) is 0.933. The molecule has 0 heterocycles. The highest BCUT2D eigenvalue weighted by atomic mass is 16.4. The summed E-state index contributed by atoms with van der Waals surface area (Å²) >= 11 is 0. The van der Waals surface area contributed by atoms with Crippen molar-refractivity contribution in [1.29, 1.82) is 0 Å². The van der Waals surface area contributed by atoms with Crippen molar-refractivity contribution in [2.45, 2.75) is 71.1 Å². The molecule has 0 radical (unpaired) electrons. The predicted molar refractivity (Wildman–Crippen MR) is 76.8 cm³/mol. The van der Waals surface area contributed by atoms with Gasteiger partial charge in [-0.1, -0.05) is 58.3 Å². The Hall–Kier alpha value is -0.570. The number of carbonyl (C=O) groups is 1. The van der Waals surface area contributed by atoms with Crippen LogP contribution in [0.25, 0.3) is 0 Å². The summed E-state index contributed by atoms with van der Waals surface area (Å²) in [5, 5.41) is 8.96. The number of carboxylic acid groups (broad SMARTS) is 1. The Labute approximate surface area is 113 Å². The Kier molecular flexibility index (Phi) is 10.0. The molecule has 1 N–H and O–H groups in total. The van der Waals surface area contributed by atoms with E-state index in [-0.39, 0.29) is 4.48 Å². The highest BCUT2D eigenvalue weighted by molar-refractivity contribution is 5.56. The molecule has 3 nitrogen and oxygen atoms in total. The molecule has 0 fully saturated rings. The lowest BCUT2D eigenvalue weighted by molar-refractivity contribution is -0.816. The van der Waals surface area contributed by atoms with Gasteiger partial charge in [0, 0.05) is 0 Å². The number of nitrogens with zero attached hydrogens (tertiary/aromatic N) is 1. The van der Waals surface area contributed by atoms with Crippen molar-refractivity contribution in [3.05, 3.63) is 0 Å². The first-order valence-corrected chi connectivity index (χ1v) is 7.57. The van der Waals surface area contributed by atoms with E-state index >= 15 is 0 Å². The summed E-state index contributed by atoms with van der Waals surface area (Å²) in [6.07, 6.45) is 12.2. The molecule has 0 atom stereocenters. The largest absolute Gasteiger partial charge is 0.513 e. The van der Waals surface area contributed by atoms with Crippen LogP contribution in [0.1, 0.15) is 71.1 Å². The van der Waals surface area contributed by atoms with Gasteiger partial charge in [-0.25, -0.2) is 4.48 Å². The van der Waals surface area contributed by atoms with Gasteiger partial charge < -0.3 is 5.11 Å². The molecule has 1 amide bonds. The fourth-order valence-electron chi connectivity index (χ4n) is 2.09. The first-order chi connectivity index (χ1) is 8.50. The zero-order valence-corrected chi connectivity index (χ0v) is 12.6. The van der Waals surface area contributed by atoms with Crippen molar-refractivity contribution < 1.29 is 14.4 Å². The first-order valence-electron chi connectivity index (χ1n) is 7.57. The first kappa shape index (κ1) is 17.4. The van der Waals surface area contributed by atoms with E-state index in [1.54, 1.807) is 14.1 Å². The lowest BCUT2D eigenvalue weighted by Gasteiger charge is -2.22. The molecule has 0 bridgehead atoms. The van der Waals surface area contributed by atoms with Gasteiger partial charge in [-0.15, -0.1) is 0 Å². The third-order valence-electron chi connectivity index (χ3n) is 3.59. The molecule has 0 aliphatic rings. The standard InChI is InChI=1S/C15H31NO2/c1-4-5-6-7-8-9-10-11-12-13-14-16(2,3)15(17)18/h4-14H2,1-3H3/p+1. The molecule has 0 rings (SSSR count). The minimum atomic E-state index is -0.731. The number of hydrogen-bond acceptors (Lipinski definition) is 1. The van der Waals surface area contributed by atoms with Crippen LogP contribution in [-0.2, 0) is 0 Å². The lowest BCUT2D eigenvalue weighted by atomic mass is 10.1. The fourth-order valence-corrected chi connectivity index (χ4v) is 2.09. The molecular formula is C15H32NO2+. The number of amides is 1. The topological polar surface area (TPSA) is 37.3 Å². The molecular weight excluding hydrogens is 226 g/mol. The van der Waals surface area contributed by atoms with Crippen molar-refractivity contribution in [3.8, 4) is 0 Å². The smallest absolute Gasteiger partial charge is 0.435 e. The summed E-state index contributed by atoms with van der Waals surface area (Å²) in [5.74, 6) is 0. The highest BCUT2D eigenvalue weighted by Crippen LogP contribution is 2.11. The average molecular weight is 258 g/mol. The summed E-state index contributed by atoms with van der Waals surface area (Å²) in [7, 11) is 3.52. The predicted octanol–water partition coefficient (Wildman–Crippen LogP) is 4.66. The van der Waals surface area contributed by atoms with Gasteiger partial charge in [0.05, 0.1) is 20.6 Å². The summed E-state index contributed by atoms with van der Waals surface area (Å²) in [5.41, 5.74) is 0. The number of unbranched alkanes of at least 4 members (excludes halogenated alkanes) is 9. The van der Waals surface area contributed by atoms with Crippen LogP contribution in [0.2, 0.25) is 0 Å². The molecule has 18 heavy (non-hydrogen) atoms. The van der Waals surface area contributed by atoms with Crippen LogP contribution in [0, 0.1) is 0 Å². The van der Waals surface area contributed by atoms with E-state index < -0.39 is 6.09 Å². The zero-order valence-electron chi connectivity index (χ0n) is 12.6. The van der Waals surface area contributed by atoms with Crippen molar-refractivity contribution in [2.75, 3.05) is 20.6 Å². The Balaban J connectivity index is 3.24. The monoisotopic (exact) mass is 258 g/mol. The van der Waals surface area contributed by atoms with Crippen LogP contribution in [0.15, 0.2) is 0 Å². The summed E-state index contributed by atoms with van der Waals surface area (Å²) in [4.78, 5) is 10.9. The number of hydrogen-bond donors (Lipinski definition) is 1. The van der Waals surface area contributed by atoms with Crippen LogP contribution in [0.5, 0.6) is 0 Å². The molecule has 0 spiro atoms. The Morgan fingerprint density at radius 1 is 0.833 bits per heavy atom. The molecule has 0 unspecified atom stereocenters. The van der Waals surface area contributed by atoms with Crippen molar-refractivity contribution >= 4 is 6.09 Å². The van der Waals surface area contributed by atoms with Crippen LogP contribution >= 0.6 is 0 Å². The van der Waals surface area contributed by atoms with E-state index in [4.69, 9.17) is 5.11 Å². The maximum atomic E-state index is 10.9. The second-order valence-electron chi connectivity index (χ2n) is 5.87. The van der Waals surface area contributed by atoms with Gasteiger partial charge in [0.2, 0.25) is 0 Å². The maximum absolute atomic E-state index is 10.9. The molecule has 0 aliphatic heterocycles. The minimum absolute atomic E-state index is 0.0943. The third kappa shape index (κ3) is 9.46. The van der Waals surface area contributed by atoms with E-state index in [1.165, 1.54) is 57.8 Å². The van der Waals surface area contributed by atoms with Gasteiger partial charge in [-0.05, 0) is 12.8 Å². The van der Waals surface area contributed by atoms with E-state index in [2.05, 4.69) is 6.92 Å². The molecule has 3 heteroatoms. The zero-order chi connectivity index (χ0) is 13.9. The SMILES string of the molecule is CCCCCCCCCCCC[N+](C)(C)C(=O)O.